The van der Waals surface area contributed by atoms with Crippen LogP contribution in [0.1, 0.15) is 111 Å². The molecule has 4 aliphatic rings. The molecule has 28 nitrogen and oxygen atoms in total. The van der Waals surface area contributed by atoms with Gasteiger partial charge in [-0.05, 0) is 65.6 Å². The van der Waals surface area contributed by atoms with Gasteiger partial charge in [0.25, 0.3) is 8.32 Å². The predicted molar refractivity (Wildman–Crippen MR) is 512 cm³/mol. The van der Waals surface area contributed by atoms with Gasteiger partial charge in [0.15, 0.2) is 12.6 Å². The van der Waals surface area contributed by atoms with Gasteiger partial charge in [0.2, 0.25) is 0 Å². The molecule has 0 spiro atoms. The Morgan fingerprint density at radius 1 is 0.470 bits per heavy atom. The molecule has 1 amide bonds. The molecule has 4 fully saturated rings. The van der Waals surface area contributed by atoms with Crippen LogP contribution in [0.15, 0.2) is 253 Å². The Morgan fingerprint density at radius 3 is 1.29 bits per heavy atom. The topological polar surface area (TPSA) is 337 Å². The van der Waals surface area contributed by atoms with Crippen molar-refractivity contribution < 1.29 is 99.1 Å². The first kappa shape index (κ1) is 102. The van der Waals surface area contributed by atoms with Crippen molar-refractivity contribution in [2.45, 2.75) is 235 Å². The molecule has 10 unspecified atom stereocenters. The maximum absolute atomic E-state index is 13.8. The molecule has 694 valence electrons. The number of nitrogens with zero attached hydrogens (tertiary/aromatic N) is 7. The first-order valence-electron chi connectivity index (χ1n) is 44.9. The molecule has 8 aromatic carbocycles. The first-order chi connectivity index (χ1) is 63.9. The maximum atomic E-state index is 13.8. The first-order valence-corrected chi connectivity index (χ1v) is 50.9. The summed E-state index contributed by atoms with van der Waals surface area (Å²) in [5, 5.41) is 24.2. The van der Waals surface area contributed by atoms with Crippen molar-refractivity contribution in [2.24, 2.45) is 22.1 Å². The average Bonchev–Trinajstić information content (AvgIpc) is 0.744. The van der Waals surface area contributed by atoms with Crippen molar-refractivity contribution in [3.8, 4) is 0 Å². The Morgan fingerprint density at radius 2 is 0.848 bits per heavy atom. The normalized spacial score (nSPS) is 25.8. The number of azide groups is 2. The van der Waals surface area contributed by atoms with Crippen LogP contribution in [0.5, 0.6) is 0 Å². The number of hydrogen-bond donors (Lipinski definition) is 1. The van der Waals surface area contributed by atoms with Gasteiger partial charge in [0, 0.05) is 45.2 Å². The molecule has 0 aromatic heterocycles. The number of hydrogen-bond acceptors (Lipinski definition) is 23. The third-order valence-corrected chi connectivity index (χ3v) is 36.3. The van der Waals surface area contributed by atoms with E-state index in [1.54, 1.807) is 4.90 Å². The summed E-state index contributed by atoms with van der Waals surface area (Å²) >= 11 is 0. The van der Waals surface area contributed by atoms with Crippen molar-refractivity contribution >= 4 is 101 Å². The average molecular weight is 1870 g/mol. The van der Waals surface area contributed by atoms with Gasteiger partial charge in [0.05, 0.1) is 19.3 Å². The predicted octanol–water partition coefficient (Wildman–Crippen LogP) is 13.8. The molecule has 22 atom stereocenters. The quantitative estimate of drug-likeness (QED) is 0.00541. The van der Waals surface area contributed by atoms with E-state index < -0.39 is 190 Å². The van der Waals surface area contributed by atoms with Crippen LogP contribution < -0.4 is 20.7 Å². The number of esters is 2. The summed E-state index contributed by atoms with van der Waals surface area (Å²) in [6.45, 7) is 21.5. The van der Waals surface area contributed by atoms with E-state index in [2.05, 4.69) is 85.9 Å². The molecule has 4 radical (unpaired) electrons. The summed E-state index contributed by atoms with van der Waals surface area (Å²) < 4.78 is 125. The zero-order chi connectivity index (χ0) is 93.6. The summed E-state index contributed by atoms with van der Waals surface area (Å²) in [5.41, 5.74) is 24.1. The molecule has 12 rings (SSSR count). The number of unbranched alkanes of at least 4 members (excludes halogenated alkanes) is 2. The molecule has 0 saturated carbocycles. The third kappa shape index (κ3) is 26.6. The zero-order valence-electron chi connectivity index (χ0n) is 76.4. The molecule has 0 bridgehead atoms. The van der Waals surface area contributed by atoms with Gasteiger partial charge in [0.1, 0.15) is 50.6 Å². The molecule has 8 aromatic rings. The molecule has 4 saturated heterocycles. The van der Waals surface area contributed by atoms with Crippen molar-refractivity contribution in [1.29, 1.82) is 0 Å². The van der Waals surface area contributed by atoms with Crippen LogP contribution in [0.25, 0.3) is 20.9 Å². The van der Waals surface area contributed by atoms with Crippen molar-refractivity contribution in [1.82, 2.24) is 4.90 Å². The Kier molecular flexibility index (Phi) is 39.0. The number of carbonyl (C=O) groups is 3. The van der Waals surface area contributed by atoms with E-state index in [0.29, 0.717) is 39.4 Å². The summed E-state index contributed by atoms with van der Waals surface area (Å²) in [4.78, 5) is 48.9. The summed E-state index contributed by atoms with van der Waals surface area (Å²) in [5.74, 6) is -2.89. The third-order valence-electron chi connectivity index (χ3n) is 24.4. The Hall–Kier alpha value is -8.62. The monoisotopic (exact) mass is 1870 g/mol. The van der Waals surface area contributed by atoms with Gasteiger partial charge in [-0.15, -0.1) is 0 Å². The molecular weight excluding hydrogens is 1750 g/mol. The fraction of sp³-hybridized carbons (Fsp3) is 0.469. The van der Waals surface area contributed by atoms with E-state index >= 15 is 0 Å². The zero-order valence-corrected chi connectivity index (χ0v) is 80.4. The standard InChI is InChI=1S/C96H119B4N7O21P2Si2/c1-64-83(116-57-69-40-22-12-23-41-69)85(77(60-114-66(3)108)122-90(64)113-55-37-19-36-54-107(56-68-38-20-11-21-39-68)94(111)118-59-71-44-26-14-27-45-71)126-92-80(103-105-101)88(128-130-98-97)87(79(124-92)63-120-132(96(8,9)10,74-50-32-17-33-51-74)75-52-34-18-35-53-75)125-91-65(2)84(117-58-70-42-24-13-25-43-70)86(78(123-91)61-115-67(4)109)127-93-81(104-106-102)89(129-100-99-112)82(110)76(121-93)62-119-131(95(5,6)7,72-46-28-15-29-47-72)73-48-30-16-31-49-73/h11-18,20-35,38-53,64-65,76-93,110,129-130H,19,36-37,54-63H2,1-10H3/t64?,65?,76?,77?,78?,79?,80?,81?,82-,83+,84+,85-,86-,87-,88-,89-,90-,91+,92-,93-/m1/s1. The molecule has 4 heterocycles. The van der Waals surface area contributed by atoms with Crippen LogP contribution in [0.3, 0.4) is 0 Å². The van der Waals surface area contributed by atoms with Gasteiger partial charge < -0.3 is 47.0 Å². The van der Waals surface area contributed by atoms with E-state index in [-0.39, 0.29) is 46.2 Å². The molecule has 0 aliphatic carbocycles. The second-order valence-electron chi connectivity index (χ2n) is 35.4. The molecule has 132 heavy (non-hydrogen) atoms. The fourth-order valence-electron chi connectivity index (χ4n) is 17.9. The minimum absolute atomic E-state index is 0.0323. The second-order valence-corrected chi connectivity index (χ2v) is 46.1. The van der Waals surface area contributed by atoms with Gasteiger partial charge >= 0.3 is 327 Å². The molecule has 4 aliphatic heterocycles. The number of ether oxygens (including phenoxy) is 13. The van der Waals surface area contributed by atoms with Crippen LogP contribution in [0.2, 0.25) is 10.1 Å². The Bertz CT molecular complexity index is 4880. The van der Waals surface area contributed by atoms with E-state index in [0.717, 1.165) is 43.0 Å². The Labute approximate surface area is 783 Å². The van der Waals surface area contributed by atoms with Gasteiger partial charge in [-0.2, -0.15) is 0 Å². The van der Waals surface area contributed by atoms with Crippen LogP contribution in [-0.2, 0) is 116 Å². The minimum atomic E-state index is -3.58. The van der Waals surface area contributed by atoms with E-state index in [9.17, 15) is 35.3 Å². The van der Waals surface area contributed by atoms with Gasteiger partial charge in [-0.25, -0.2) is 4.79 Å². The van der Waals surface area contributed by atoms with Crippen LogP contribution in [-0.4, -0.2) is 223 Å². The Balaban J connectivity index is 0.908. The van der Waals surface area contributed by atoms with Crippen LogP contribution in [0, 0.1) is 11.8 Å². The fourth-order valence-corrected chi connectivity index (χ4v) is 28.7. The van der Waals surface area contributed by atoms with Gasteiger partial charge in [-0.3, -0.25) is 4.79 Å². The van der Waals surface area contributed by atoms with Crippen molar-refractivity contribution in [2.75, 3.05) is 39.6 Å². The number of aliphatic hydroxyl groups excluding tert-OH is 1. The molecule has 1 N–H and O–H groups in total. The molecular formula is C96H119B4N7O21P2Si2. The van der Waals surface area contributed by atoms with E-state index in [1.165, 1.54) is 27.6 Å². The van der Waals surface area contributed by atoms with Crippen LogP contribution >= 0.6 is 17.1 Å². The SMILES string of the molecule is [B][B]PO[C@@H]1C(N=[N+]=[N-])[C@@H](O[C@@H]2C(COC(C)=O)O[C@@H](OCCCCCN(Cc3ccccc3)C(=O)OCc3ccccc3)C(C)[C@@H]2OCc2ccccc2)OC(CO[Si](c2ccccc2)(c2ccccc2)C(C)(C)C)[C@H]1O[C@@H]1OC(COC(C)=O)[C@@H](O[C@H]2OC(CO[Si](c3ccccc3)(c3ccccc3)C(C)(C)C)[C@@H](O)[C@H](P[B]B=O)C2N=[N+]=[N-])[C@@H](OCc2ccccc2)C1C. The summed E-state index contributed by atoms with van der Waals surface area (Å²) in [7, 11) is -0.967. The number of carbonyl (C=O) groups excluding carboxylic acids is 3. The van der Waals surface area contributed by atoms with Gasteiger partial charge in [-0.1, -0.05) is 203 Å². The van der Waals surface area contributed by atoms with Crippen molar-refractivity contribution in [3.05, 3.63) is 286 Å². The number of benzene rings is 8. The van der Waals surface area contributed by atoms with E-state index in [4.69, 9.17) is 82.7 Å². The number of rotatable bonds is 45. The van der Waals surface area contributed by atoms with E-state index in [1.807, 2.05) is 232 Å². The summed E-state index contributed by atoms with van der Waals surface area (Å²) in [6.07, 6.45) is -18.0. The summed E-state index contributed by atoms with van der Waals surface area (Å²) in [6, 6.07) is 75.4. The molecule has 36 heteroatoms. The number of aliphatic hydroxyl groups is 1. The number of amides is 1. The van der Waals surface area contributed by atoms with Crippen LogP contribution in [0.4, 0.5) is 4.79 Å². The van der Waals surface area contributed by atoms with Crippen molar-refractivity contribution in [3.63, 3.8) is 0 Å². The second kappa shape index (κ2) is 50.3.